The minimum Gasteiger partial charge on any atom is -0.496 e. The number of oxazole rings is 1. The Hall–Kier alpha value is -2.57. The van der Waals surface area contributed by atoms with Gasteiger partial charge in [0.15, 0.2) is 5.58 Å². The molecule has 0 amide bonds. The molecule has 0 fully saturated rings. The zero-order valence-electron chi connectivity index (χ0n) is 14.2. The number of methoxy groups -OCH3 is 2. The van der Waals surface area contributed by atoms with Crippen molar-refractivity contribution in [1.82, 2.24) is 9.88 Å². The molecule has 0 unspecified atom stereocenters. The lowest BCUT2D eigenvalue weighted by Crippen LogP contribution is -2.33. The van der Waals surface area contributed by atoms with Crippen molar-refractivity contribution in [3.05, 3.63) is 53.4 Å². The minimum absolute atomic E-state index is 0.481. The van der Waals surface area contributed by atoms with Crippen LogP contribution in [0.2, 0.25) is 0 Å². The number of β-amino-alcohol motifs (C(OH)–C–C–N with tert-alkyl or cyclic N) is 1. The number of para-hydroxylation sites is 2. The second-order valence-electron chi connectivity index (χ2n) is 6.12. The number of hydrogen-bond donors (Lipinski definition) is 1. The summed E-state index contributed by atoms with van der Waals surface area (Å²) in [4.78, 5) is 6.62. The first kappa shape index (κ1) is 15.9. The molecular formula is C19H20N2O4. The average molecular weight is 340 g/mol. The van der Waals surface area contributed by atoms with Crippen molar-refractivity contribution in [3.63, 3.8) is 0 Å². The lowest BCUT2D eigenvalue weighted by Gasteiger charge is -2.33. The number of nitrogens with zero attached hydrogens (tertiary/aromatic N) is 2. The van der Waals surface area contributed by atoms with Gasteiger partial charge in [0.05, 0.1) is 26.9 Å². The van der Waals surface area contributed by atoms with Gasteiger partial charge >= 0.3 is 0 Å². The topological polar surface area (TPSA) is 68.0 Å². The first-order valence-electron chi connectivity index (χ1n) is 8.18. The second-order valence-corrected chi connectivity index (χ2v) is 6.12. The van der Waals surface area contributed by atoms with E-state index in [9.17, 15) is 5.11 Å². The summed E-state index contributed by atoms with van der Waals surface area (Å²) in [6.07, 6.45) is -0.654. The van der Waals surface area contributed by atoms with Crippen LogP contribution in [0, 0.1) is 0 Å². The van der Waals surface area contributed by atoms with Gasteiger partial charge in [-0.05, 0) is 24.3 Å². The molecule has 1 aromatic heterocycles. The number of aromatic nitrogens is 1. The Labute approximate surface area is 145 Å². The van der Waals surface area contributed by atoms with Crippen LogP contribution in [-0.2, 0) is 13.1 Å². The highest BCUT2D eigenvalue weighted by atomic mass is 16.5. The van der Waals surface area contributed by atoms with Crippen LogP contribution in [0.4, 0.5) is 0 Å². The van der Waals surface area contributed by atoms with Crippen LogP contribution in [0.15, 0.2) is 40.8 Å². The monoisotopic (exact) mass is 340 g/mol. The van der Waals surface area contributed by atoms with E-state index in [4.69, 9.17) is 13.9 Å². The summed E-state index contributed by atoms with van der Waals surface area (Å²) in [6.45, 7) is 1.63. The average Bonchev–Trinajstić information content (AvgIpc) is 3.02. The molecule has 25 heavy (non-hydrogen) atoms. The highest BCUT2D eigenvalue weighted by Gasteiger charge is 2.30. The molecular weight excluding hydrogens is 320 g/mol. The smallest absolute Gasteiger partial charge is 0.209 e. The zero-order chi connectivity index (χ0) is 17.4. The lowest BCUT2D eigenvalue weighted by atomic mass is 9.95. The fourth-order valence-electron chi connectivity index (χ4n) is 3.44. The number of ether oxygens (including phenoxy) is 2. The van der Waals surface area contributed by atoms with Crippen molar-refractivity contribution < 1.29 is 19.0 Å². The molecule has 3 aromatic rings. The third kappa shape index (κ3) is 2.83. The Balaban J connectivity index is 1.64. The Kier molecular flexibility index (Phi) is 4.07. The van der Waals surface area contributed by atoms with E-state index < -0.39 is 6.10 Å². The Morgan fingerprint density at radius 3 is 2.68 bits per heavy atom. The van der Waals surface area contributed by atoms with Gasteiger partial charge in [0.1, 0.15) is 17.0 Å². The first-order valence-corrected chi connectivity index (χ1v) is 8.18. The highest BCUT2D eigenvalue weighted by molar-refractivity contribution is 5.72. The summed E-state index contributed by atoms with van der Waals surface area (Å²) in [6, 6.07) is 11.4. The summed E-state index contributed by atoms with van der Waals surface area (Å²) in [5, 5.41) is 10.7. The van der Waals surface area contributed by atoms with Gasteiger partial charge in [0.2, 0.25) is 5.89 Å². The van der Waals surface area contributed by atoms with Gasteiger partial charge in [-0.3, -0.25) is 4.90 Å². The SMILES string of the molecule is COc1ccc(OC)c2c1CN(Cc1nc3ccccc3o1)C[C@H]2O. The van der Waals surface area contributed by atoms with Crippen LogP contribution >= 0.6 is 0 Å². The maximum atomic E-state index is 10.7. The molecule has 0 saturated carbocycles. The van der Waals surface area contributed by atoms with Gasteiger partial charge in [-0.25, -0.2) is 4.98 Å². The number of hydrogen-bond acceptors (Lipinski definition) is 6. The standard InChI is InChI=1S/C19H20N2O4/c1-23-15-7-8-17(24-2)19-12(15)9-21(10-14(19)22)11-18-20-13-5-3-4-6-16(13)25-18/h3-8,14,22H,9-11H2,1-2H3/t14-/m1/s1. The van der Waals surface area contributed by atoms with E-state index >= 15 is 0 Å². The van der Waals surface area contributed by atoms with Crippen molar-refractivity contribution in [2.24, 2.45) is 0 Å². The van der Waals surface area contributed by atoms with Crippen molar-refractivity contribution in [2.45, 2.75) is 19.2 Å². The lowest BCUT2D eigenvalue weighted by molar-refractivity contribution is 0.0796. The number of benzene rings is 2. The summed E-state index contributed by atoms with van der Waals surface area (Å²) in [5.74, 6) is 2.07. The van der Waals surface area contributed by atoms with E-state index in [-0.39, 0.29) is 0 Å². The molecule has 0 spiro atoms. The van der Waals surface area contributed by atoms with E-state index in [2.05, 4.69) is 9.88 Å². The van der Waals surface area contributed by atoms with Gasteiger partial charge in [-0.1, -0.05) is 12.1 Å². The Morgan fingerprint density at radius 1 is 1.16 bits per heavy atom. The molecule has 1 N–H and O–H groups in total. The Morgan fingerprint density at radius 2 is 1.92 bits per heavy atom. The summed E-state index contributed by atoms with van der Waals surface area (Å²) in [7, 11) is 3.24. The van der Waals surface area contributed by atoms with Crippen LogP contribution in [0.1, 0.15) is 23.1 Å². The van der Waals surface area contributed by atoms with Crippen molar-refractivity contribution >= 4 is 11.1 Å². The fraction of sp³-hybridized carbons (Fsp3) is 0.316. The van der Waals surface area contributed by atoms with Crippen molar-refractivity contribution in [1.29, 1.82) is 0 Å². The molecule has 0 bridgehead atoms. The maximum absolute atomic E-state index is 10.7. The molecule has 2 heterocycles. The van der Waals surface area contributed by atoms with Crippen LogP contribution in [0.5, 0.6) is 11.5 Å². The summed E-state index contributed by atoms with van der Waals surface area (Å²) < 4.78 is 16.7. The molecule has 0 radical (unpaired) electrons. The maximum Gasteiger partial charge on any atom is 0.209 e. The number of aliphatic hydroxyl groups is 1. The quantitative estimate of drug-likeness (QED) is 0.788. The van der Waals surface area contributed by atoms with Gasteiger partial charge in [0.25, 0.3) is 0 Å². The van der Waals surface area contributed by atoms with Crippen LogP contribution in [-0.4, -0.2) is 35.8 Å². The molecule has 0 saturated heterocycles. The van der Waals surface area contributed by atoms with Crippen molar-refractivity contribution in [2.75, 3.05) is 20.8 Å². The van der Waals surface area contributed by atoms with E-state index in [1.807, 2.05) is 36.4 Å². The van der Waals surface area contributed by atoms with E-state index in [0.717, 1.165) is 28.0 Å². The largest absolute Gasteiger partial charge is 0.496 e. The summed E-state index contributed by atoms with van der Waals surface area (Å²) >= 11 is 0. The predicted molar refractivity (Wildman–Crippen MR) is 92.6 cm³/mol. The fourth-order valence-corrected chi connectivity index (χ4v) is 3.44. The van der Waals surface area contributed by atoms with Crippen LogP contribution in [0.3, 0.4) is 0 Å². The molecule has 6 heteroatoms. The Bertz CT molecular complexity index is 873. The molecule has 130 valence electrons. The van der Waals surface area contributed by atoms with E-state index in [0.29, 0.717) is 31.3 Å². The van der Waals surface area contributed by atoms with E-state index in [1.165, 1.54) is 0 Å². The second kappa shape index (κ2) is 6.38. The molecule has 4 rings (SSSR count). The number of aliphatic hydroxyl groups excluding tert-OH is 1. The molecule has 6 nitrogen and oxygen atoms in total. The van der Waals surface area contributed by atoms with Gasteiger partial charge in [-0.15, -0.1) is 0 Å². The predicted octanol–water partition coefficient (Wildman–Crippen LogP) is 2.89. The third-order valence-corrected chi connectivity index (χ3v) is 4.56. The minimum atomic E-state index is -0.654. The third-order valence-electron chi connectivity index (χ3n) is 4.56. The van der Waals surface area contributed by atoms with Gasteiger partial charge in [0, 0.05) is 24.2 Å². The normalized spacial score (nSPS) is 17.5. The molecule has 1 atom stereocenters. The zero-order valence-corrected chi connectivity index (χ0v) is 14.2. The first-order chi connectivity index (χ1) is 12.2. The summed E-state index contributed by atoms with van der Waals surface area (Å²) in [5.41, 5.74) is 3.36. The molecule has 1 aliphatic heterocycles. The van der Waals surface area contributed by atoms with E-state index in [1.54, 1.807) is 14.2 Å². The number of fused-ring (bicyclic) bond motifs is 2. The molecule has 2 aromatic carbocycles. The van der Waals surface area contributed by atoms with Crippen LogP contribution < -0.4 is 9.47 Å². The van der Waals surface area contributed by atoms with Crippen molar-refractivity contribution in [3.8, 4) is 11.5 Å². The number of rotatable bonds is 4. The molecule has 0 aliphatic carbocycles. The van der Waals surface area contributed by atoms with Gasteiger partial charge < -0.3 is 19.0 Å². The van der Waals surface area contributed by atoms with Gasteiger partial charge in [-0.2, -0.15) is 0 Å². The van der Waals surface area contributed by atoms with Crippen LogP contribution in [0.25, 0.3) is 11.1 Å². The molecule has 1 aliphatic rings. The highest BCUT2D eigenvalue weighted by Crippen LogP contribution is 2.39.